The predicted octanol–water partition coefficient (Wildman–Crippen LogP) is 3.17. The molecule has 1 saturated heterocycles. The third-order valence-electron chi connectivity index (χ3n) is 4.10. The average Bonchev–Trinajstić information content (AvgIpc) is 3.40. The van der Waals surface area contributed by atoms with E-state index in [1.54, 1.807) is 18.4 Å². The van der Waals surface area contributed by atoms with E-state index in [4.69, 9.17) is 13.6 Å². The number of nitrogens with one attached hydrogen (secondary N) is 1. The van der Waals surface area contributed by atoms with Crippen molar-refractivity contribution in [3.8, 4) is 11.7 Å². The average molecular weight is 372 g/mol. The highest BCUT2D eigenvalue weighted by atomic mass is 32.2. The van der Waals surface area contributed by atoms with E-state index in [1.807, 2.05) is 14.1 Å². The molecule has 1 aliphatic heterocycles. The minimum atomic E-state index is -0.0850. The van der Waals surface area contributed by atoms with Gasteiger partial charge < -0.3 is 18.5 Å². The topological polar surface area (TPSA) is 76.6 Å². The third kappa shape index (κ3) is 3.77. The zero-order valence-electron chi connectivity index (χ0n) is 14.6. The van der Waals surface area contributed by atoms with Crippen LogP contribution in [0.5, 0.6) is 0 Å². The molecule has 2 atom stereocenters. The van der Waals surface area contributed by atoms with Gasteiger partial charge in [-0.15, -0.1) is 10.2 Å². The van der Waals surface area contributed by atoms with Crippen LogP contribution >= 0.6 is 11.8 Å². The van der Waals surface area contributed by atoms with E-state index < -0.39 is 0 Å². The Labute approximate surface area is 155 Å². The fraction of sp³-hybridized carbons (Fsp3) is 0.333. The number of thioether (sulfide) groups is 1. The van der Waals surface area contributed by atoms with Gasteiger partial charge in [-0.3, -0.25) is 5.32 Å². The molecule has 1 fully saturated rings. The van der Waals surface area contributed by atoms with Crippen LogP contribution in [-0.4, -0.2) is 42.7 Å². The molecule has 0 aliphatic carbocycles. The fourth-order valence-electron chi connectivity index (χ4n) is 2.70. The van der Waals surface area contributed by atoms with Crippen LogP contribution in [0.3, 0.4) is 0 Å². The Morgan fingerprint density at radius 3 is 2.77 bits per heavy atom. The van der Waals surface area contributed by atoms with Gasteiger partial charge in [0.1, 0.15) is 6.23 Å². The summed E-state index contributed by atoms with van der Waals surface area (Å²) in [5, 5.41) is 12.0. The summed E-state index contributed by atoms with van der Waals surface area (Å²) < 4.78 is 16.9. The summed E-state index contributed by atoms with van der Waals surface area (Å²) in [5.41, 5.74) is 2.30. The summed E-state index contributed by atoms with van der Waals surface area (Å²) in [6.07, 6.45) is 1.57. The normalized spacial score (nSPS) is 19.8. The van der Waals surface area contributed by atoms with Crippen molar-refractivity contribution in [1.82, 2.24) is 15.5 Å². The Kier molecular flexibility index (Phi) is 4.96. The number of nitrogens with zero attached hydrogens (tertiary/aromatic N) is 3. The third-order valence-corrected chi connectivity index (χ3v) is 5.05. The van der Waals surface area contributed by atoms with Crippen molar-refractivity contribution in [2.24, 2.45) is 0 Å². The van der Waals surface area contributed by atoms with Crippen molar-refractivity contribution >= 4 is 17.4 Å². The van der Waals surface area contributed by atoms with E-state index in [9.17, 15) is 0 Å². The summed E-state index contributed by atoms with van der Waals surface area (Å²) in [5.74, 6) is 1.70. The van der Waals surface area contributed by atoms with E-state index in [0.717, 1.165) is 17.9 Å². The van der Waals surface area contributed by atoms with Crippen molar-refractivity contribution < 1.29 is 13.6 Å². The number of anilines is 1. The Balaban J connectivity index is 1.30. The number of hydrogen-bond acceptors (Lipinski definition) is 8. The summed E-state index contributed by atoms with van der Waals surface area (Å²) in [4.78, 5) is 2.08. The zero-order chi connectivity index (χ0) is 17.9. The minimum Gasteiger partial charge on any atom is -0.459 e. The molecular weight excluding hydrogens is 352 g/mol. The molecule has 1 aliphatic rings. The molecule has 0 bridgehead atoms. The highest BCUT2D eigenvalue weighted by Gasteiger charge is 2.26. The number of furan rings is 1. The first kappa shape index (κ1) is 17.1. The maximum atomic E-state index is 6.09. The molecule has 7 nitrogen and oxygen atoms in total. The van der Waals surface area contributed by atoms with Gasteiger partial charge >= 0.3 is 0 Å². The van der Waals surface area contributed by atoms with Crippen molar-refractivity contribution in [2.75, 3.05) is 31.3 Å². The van der Waals surface area contributed by atoms with Gasteiger partial charge in [0.25, 0.3) is 11.1 Å². The molecule has 4 rings (SSSR count). The molecule has 0 unspecified atom stereocenters. The first-order valence-corrected chi connectivity index (χ1v) is 9.34. The van der Waals surface area contributed by atoms with Gasteiger partial charge in [0.05, 0.1) is 12.4 Å². The molecule has 0 spiro atoms. The molecule has 26 heavy (non-hydrogen) atoms. The second kappa shape index (κ2) is 7.53. The first-order chi connectivity index (χ1) is 12.7. The molecular formula is C18H20N4O3S. The lowest BCUT2D eigenvalue weighted by Gasteiger charge is -2.16. The van der Waals surface area contributed by atoms with Crippen LogP contribution < -0.4 is 10.2 Å². The summed E-state index contributed by atoms with van der Waals surface area (Å²) in [6, 6.07) is 12.0. The van der Waals surface area contributed by atoms with Crippen LogP contribution in [0, 0.1) is 0 Å². The first-order valence-electron chi connectivity index (χ1n) is 8.35. The van der Waals surface area contributed by atoms with E-state index >= 15 is 0 Å². The monoisotopic (exact) mass is 372 g/mol. The van der Waals surface area contributed by atoms with E-state index in [2.05, 4.69) is 44.7 Å². The second-order valence-electron chi connectivity index (χ2n) is 6.19. The predicted molar refractivity (Wildman–Crippen MR) is 99.1 cm³/mol. The van der Waals surface area contributed by atoms with Crippen LogP contribution in [0.15, 0.2) is 56.7 Å². The van der Waals surface area contributed by atoms with E-state index in [-0.39, 0.29) is 12.3 Å². The number of benzene rings is 1. The molecule has 0 saturated carbocycles. The van der Waals surface area contributed by atoms with Gasteiger partial charge in [0, 0.05) is 32.1 Å². The van der Waals surface area contributed by atoms with Gasteiger partial charge in [-0.25, -0.2) is 0 Å². The lowest BCUT2D eigenvalue weighted by Crippen LogP contribution is -2.16. The van der Waals surface area contributed by atoms with Crippen LogP contribution in [0.2, 0.25) is 0 Å². The largest absolute Gasteiger partial charge is 0.459 e. The number of ether oxygens (including phenoxy) is 1. The smallest absolute Gasteiger partial charge is 0.284 e. The summed E-state index contributed by atoms with van der Waals surface area (Å²) in [7, 11) is 4.06. The zero-order valence-corrected chi connectivity index (χ0v) is 15.4. The highest BCUT2D eigenvalue weighted by molar-refractivity contribution is 7.99. The number of hydrogen-bond donors (Lipinski definition) is 1. The standard InChI is InChI=1S/C18H20N4O3S/c1-22(2)13-7-5-12(6-8-13)16-19-10-14(24-16)11-26-18-21-20-17(25-18)15-4-3-9-23-15/h3-9,14,16,19H,10-11H2,1-2H3/t14-,16+/m0/s1. The van der Waals surface area contributed by atoms with Crippen LogP contribution in [0.4, 0.5) is 5.69 Å². The summed E-state index contributed by atoms with van der Waals surface area (Å²) in [6.45, 7) is 0.784. The molecule has 136 valence electrons. The molecule has 0 radical (unpaired) electrons. The van der Waals surface area contributed by atoms with Crippen molar-refractivity contribution in [3.63, 3.8) is 0 Å². The quantitative estimate of drug-likeness (QED) is 0.661. The SMILES string of the molecule is CN(C)c1ccc([C@@H]2NC[C@@H](CSc3nnc(-c4ccco4)o3)O2)cc1. The van der Waals surface area contributed by atoms with E-state index in [0.29, 0.717) is 16.9 Å². The lowest BCUT2D eigenvalue weighted by molar-refractivity contribution is 0.0534. The highest BCUT2D eigenvalue weighted by Crippen LogP contribution is 2.28. The van der Waals surface area contributed by atoms with Gasteiger partial charge in [-0.2, -0.15) is 0 Å². The van der Waals surface area contributed by atoms with Gasteiger partial charge in [-0.1, -0.05) is 23.9 Å². The molecule has 0 amide bonds. The molecule has 3 heterocycles. The van der Waals surface area contributed by atoms with Crippen LogP contribution in [0.25, 0.3) is 11.7 Å². The lowest BCUT2D eigenvalue weighted by atomic mass is 10.2. The minimum absolute atomic E-state index is 0.0810. The fourth-order valence-corrected chi connectivity index (χ4v) is 3.46. The molecule has 1 N–H and O–H groups in total. The molecule has 3 aromatic rings. The summed E-state index contributed by atoms with van der Waals surface area (Å²) >= 11 is 1.49. The maximum Gasteiger partial charge on any atom is 0.284 e. The molecule has 1 aromatic carbocycles. The van der Waals surface area contributed by atoms with Crippen molar-refractivity contribution in [1.29, 1.82) is 0 Å². The van der Waals surface area contributed by atoms with Gasteiger partial charge in [0.15, 0.2) is 5.76 Å². The molecule has 2 aromatic heterocycles. The molecule has 8 heteroatoms. The van der Waals surface area contributed by atoms with E-state index in [1.165, 1.54) is 17.4 Å². The number of rotatable bonds is 6. The number of aromatic nitrogens is 2. The van der Waals surface area contributed by atoms with Crippen molar-refractivity contribution in [3.05, 3.63) is 48.2 Å². The van der Waals surface area contributed by atoms with Gasteiger partial charge in [-0.05, 0) is 29.8 Å². The Hall–Kier alpha value is -2.29. The van der Waals surface area contributed by atoms with Gasteiger partial charge in [0.2, 0.25) is 0 Å². The Morgan fingerprint density at radius 2 is 2.04 bits per heavy atom. The van der Waals surface area contributed by atoms with Crippen molar-refractivity contribution in [2.45, 2.75) is 17.6 Å². The Bertz CT molecular complexity index is 833. The Morgan fingerprint density at radius 1 is 1.19 bits per heavy atom. The van der Waals surface area contributed by atoms with Crippen LogP contribution in [0.1, 0.15) is 11.8 Å². The second-order valence-corrected chi connectivity index (χ2v) is 7.17. The van der Waals surface area contributed by atoms with Crippen LogP contribution in [-0.2, 0) is 4.74 Å². The maximum absolute atomic E-state index is 6.09.